The molecule has 0 fully saturated rings. The molecule has 0 atom stereocenters. The Kier molecular flexibility index (Phi) is 9.80. The molecule has 0 saturated carbocycles. The highest BCUT2D eigenvalue weighted by Crippen LogP contribution is 1.70. The van der Waals surface area contributed by atoms with Crippen LogP contribution < -0.4 is 10.6 Å². The number of nitrogens with zero attached hydrogens (tertiary/aromatic N) is 1. The maximum absolute atomic E-state index is 4.91. The molecule has 0 unspecified atom stereocenters. The molecule has 2 N–H and O–H groups in total. The van der Waals surface area contributed by atoms with Crippen LogP contribution in [-0.4, -0.2) is 65.4 Å². The molecule has 0 radical (unpaired) electrons. The fourth-order valence-corrected chi connectivity index (χ4v) is 0.904. The Morgan fingerprint density at radius 1 is 1.00 bits per heavy atom. The highest BCUT2D eigenvalue weighted by atomic mass is 16.5. The first-order chi connectivity index (χ1) is 6.27. The van der Waals surface area contributed by atoms with Gasteiger partial charge in [0.2, 0.25) is 0 Å². The fourth-order valence-electron chi connectivity index (χ4n) is 0.904. The molecule has 0 aromatic carbocycles. The SMILES string of the molecule is COCCNCCNCCN(C)C. The van der Waals surface area contributed by atoms with E-state index in [0.29, 0.717) is 0 Å². The Bertz CT molecular complexity index is 98.9. The van der Waals surface area contributed by atoms with Crippen LogP contribution in [0.3, 0.4) is 0 Å². The van der Waals surface area contributed by atoms with Crippen LogP contribution in [0.25, 0.3) is 0 Å². The number of ether oxygens (including phenoxy) is 1. The lowest BCUT2D eigenvalue weighted by atomic mass is 10.5. The number of rotatable bonds is 9. The summed E-state index contributed by atoms with van der Waals surface area (Å²) in [6.45, 7) is 5.91. The molecule has 0 heterocycles. The molecule has 0 rings (SSSR count). The molecule has 0 amide bonds. The molecular weight excluding hydrogens is 166 g/mol. The third-order valence-electron chi connectivity index (χ3n) is 1.70. The maximum Gasteiger partial charge on any atom is 0.0587 e. The molecule has 4 nitrogen and oxygen atoms in total. The molecular formula is C9H23N3O. The molecule has 0 aromatic rings. The van der Waals surface area contributed by atoms with Gasteiger partial charge in [-0.25, -0.2) is 0 Å². The van der Waals surface area contributed by atoms with Crippen molar-refractivity contribution in [1.82, 2.24) is 15.5 Å². The van der Waals surface area contributed by atoms with E-state index in [1.807, 2.05) is 0 Å². The summed E-state index contributed by atoms with van der Waals surface area (Å²) >= 11 is 0. The summed E-state index contributed by atoms with van der Waals surface area (Å²) in [7, 11) is 5.88. The average molecular weight is 189 g/mol. The monoisotopic (exact) mass is 189 g/mol. The zero-order valence-electron chi connectivity index (χ0n) is 9.10. The molecule has 0 aromatic heterocycles. The molecule has 80 valence electrons. The van der Waals surface area contributed by atoms with Crippen LogP contribution in [0, 0.1) is 0 Å². The van der Waals surface area contributed by atoms with Crippen LogP contribution >= 0.6 is 0 Å². The van der Waals surface area contributed by atoms with Crippen LogP contribution in [0.15, 0.2) is 0 Å². The number of hydrogen-bond donors (Lipinski definition) is 2. The standard InChI is InChI=1S/C9H23N3O/c1-12(2)8-6-10-4-5-11-7-9-13-3/h10-11H,4-9H2,1-3H3. The van der Waals surface area contributed by atoms with Crippen molar-refractivity contribution in [3.63, 3.8) is 0 Å². The van der Waals surface area contributed by atoms with Gasteiger partial charge in [-0.1, -0.05) is 0 Å². The first-order valence-corrected chi connectivity index (χ1v) is 4.82. The molecule has 13 heavy (non-hydrogen) atoms. The molecule has 0 aliphatic heterocycles. The number of likely N-dealkylation sites (N-methyl/N-ethyl adjacent to an activating group) is 1. The highest BCUT2D eigenvalue weighted by molar-refractivity contribution is 4.53. The molecule has 4 heteroatoms. The summed E-state index contributed by atoms with van der Waals surface area (Å²) < 4.78 is 4.91. The van der Waals surface area contributed by atoms with Crippen molar-refractivity contribution in [2.24, 2.45) is 0 Å². The topological polar surface area (TPSA) is 36.5 Å². The van der Waals surface area contributed by atoms with E-state index < -0.39 is 0 Å². The minimum absolute atomic E-state index is 0.789. The van der Waals surface area contributed by atoms with E-state index in [4.69, 9.17) is 4.74 Å². The zero-order valence-corrected chi connectivity index (χ0v) is 9.10. The van der Waals surface area contributed by atoms with Crippen molar-refractivity contribution in [2.75, 3.05) is 60.5 Å². The molecule has 0 spiro atoms. The second-order valence-corrected chi connectivity index (χ2v) is 3.30. The predicted molar refractivity (Wildman–Crippen MR) is 56.2 cm³/mol. The van der Waals surface area contributed by atoms with Gasteiger partial charge in [0.25, 0.3) is 0 Å². The van der Waals surface area contributed by atoms with Gasteiger partial charge < -0.3 is 20.3 Å². The van der Waals surface area contributed by atoms with Crippen molar-refractivity contribution in [3.8, 4) is 0 Å². The van der Waals surface area contributed by atoms with E-state index in [9.17, 15) is 0 Å². The van der Waals surface area contributed by atoms with Gasteiger partial charge in [0.15, 0.2) is 0 Å². The van der Waals surface area contributed by atoms with Crippen molar-refractivity contribution >= 4 is 0 Å². The van der Waals surface area contributed by atoms with Crippen LogP contribution in [0.2, 0.25) is 0 Å². The summed E-state index contributed by atoms with van der Waals surface area (Å²) in [5, 5.41) is 6.62. The Hall–Kier alpha value is -0.160. The number of nitrogens with one attached hydrogen (secondary N) is 2. The van der Waals surface area contributed by atoms with Crippen LogP contribution in [0.4, 0.5) is 0 Å². The molecule has 0 aliphatic carbocycles. The summed E-state index contributed by atoms with van der Waals surface area (Å²) in [6.07, 6.45) is 0. The lowest BCUT2D eigenvalue weighted by Gasteiger charge is -2.10. The lowest BCUT2D eigenvalue weighted by Crippen LogP contribution is -2.33. The van der Waals surface area contributed by atoms with E-state index in [1.165, 1.54) is 0 Å². The minimum Gasteiger partial charge on any atom is -0.383 e. The van der Waals surface area contributed by atoms with Gasteiger partial charge in [-0.15, -0.1) is 0 Å². The van der Waals surface area contributed by atoms with Gasteiger partial charge in [-0.3, -0.25) is 0 Å². The largest absolute Gasteiger partial charge is 0.383 e. The van der Waals surface area contributed by atoms with Crippen molar-refractivity contribution in [3.05, 3.63) is 0 Å². The minimum atomic E-state index is 0.789. The normalized spacial score (nSPS) is 11.1. The first-order valence-electron chi connectivity index (χ1n) is 4.82. The Morgan fingerprint density at radius 2 is 1.62 bits per heavy atom. The second kappa shape index (κ2) is 9.92. The highest BCUT2D eigenvalue weighted by Gasteiger charge is 1.89. The van der Waals surface area contributed by atoms with Gasteiger partial charge in [0.05, 0.1) is 6.61 Å². The van der Waals surface area contributed by atoms with E-state index in [-0.39, 0.29) is 0 Å². The molecule has 0 aliphatic rings. The van der Waals surface area contributed by atoms with E-state index in [0.717, 1.165) is 39.3 Å². The summed E-state index contributed by atoms with van der Waals surface area (Å²) in [4.78, 5) is 2.17. The first kappa shape index (κ1) is 12.8. The van der Waals surface area contributed by atoms with Crippen molar-refractivity contribution in [1.29, 1.82) is 0 Å². The van der Waals surface area contributed by atoms with E-state index in [2.05, 4.69) is 29.6 Å². The second-order valence-electron chi connectivity index (χ2n) is 3.30. The Balaban J connectivity index is 2.84. The lowest BCUT2D eigenvalue weighted by molar-refractivity contribution is 0.199. The van der Waals surface area contributed by atoms with E-state index in [1.54, 1.807) is 7.11 Å². The summed E-state index contributed by atoms with van der Waals surface area (Å²) in [6, 6.07) is 0. The molecule has 0 saturated heterocycles. The predicted octanol–water partition coefficient (Wildman–Crippen LogP) is -0.626. The summed E-state index contributed by atoms with van der Waals surface area (Å²) in [5.74, 6) is 0. The Morgan fingerprint density at radius 3 is 2.15 bits per heavy atom. The van der Waals surface area contributed by atoms with Gasteiger partial charge in [0, 0.05) is 39.8 Å². The number of hydrogen-bond acceptors (Lipinski definition) is 4. The third-order valence-corrected chi connectivity index (χ3v) is 1.70. The van der Waals surface area contributed by atoms with Crippen molar-refractivity contribution < 1.29 is 4.74 Å². The van der Waals surface area contributed by atoms with Crippen LogP contribution in [0.5, 0.6) is 0 Å². The third kappa shape index (κ3) is 11.8. The smallest absolute Gasteiger partial charge is 0.0587 e. The summed E-state index contributed by atoms with van der Waals surface area (Å²) in [5.41, 5.74) is 0. The fraction of sp³-hybridized carbons (Fsp3) is 1.00. The molecule has 0 bridgehead atoms. The zero-order chi connectivity index (χ0) is 9.94. The van der Waals surface area contributed by atoms with Gasteiger partial charge >= 0.3 is 0 Å². The Labute approximate surface area is 81.6 Å². The average Bonchev–Trinajstić information content (AvgIpc) is 2.09. The van der Waals surface area contributed by atoms with Crippen LogP contribution in [-0.2, 0) is 4.74 Å². The number of methoxy groups -OCH3 is 1. The van der Waals surface area contributed by atoms with Gasteiger partial charge in [-0.05, 0) is 14.1 Å². The van der Waals surface area contributed by atoms with Gasteiger partial charge in [-0.2, -0.15) is 0 Å². The van der Waals surface area contributed by atoms with Gasteiger partial charge in [0.1, 0.15) is 0 Å². The van der Waals surface area contributed by atoms with E-state index >= 15 is 0 Å². The van der Waals surface area contributed by atoms with Crippen molar-refractivity contribution in [2.45, 2.75) is 0 Å². The quantitative estimate of drug-likeness (QED) is 0.474. The maximum atomic E-state index is 4.91. The van der Waals surface area contributed by atoms with Crippen LogP contribution in [0.1, 0.15) is 0 Å².